The number of hydrogen-bond acceptors (Lipinski definition) is 3. The average Bonchev–Trinajstić information content (AvgIpc) is 2.08. The van der Waals surface area contributed by atoms with Crippen LogP contribution in [0.5, 0.6) is 0 Å². The SMILES string of the molecule is Cc1cnc(NCCS(C)=O)c(Br)c1. The lowest BCUT2D eigenvalue weighted by Gasteiger charge is -2.06. The predicted molar refractivity (Wildman–Crippen MR) is 64.1 cm³/mol. The minimum atomic E-state index is -0.756. The third-order valence-corrected chi connectivity index (χ3v) is 3.04. The zero-order valence-electron chi connectivity index (χ0n) is 8.21. The Labute approximate surface area is 94.9 Å². The number of rotatable bonds is 4. The molecule has 1 aromatic heterocycles. The van der Waals surface area contributed by atoms with E-state index < -0.39 is 10.8 Å². The summed E-state index contributed by atoms with van der Waals surface area (Å²) in [5.41, 5.74) is 1.11. The van der Waals surface area contributed by atoms with Gasteiger partial charge in [0.25, 0.3) is 0 Å². The largest absolute Gasteiger partial charge is 0.368 e. The molecule has 0 fully saturated rings. The van der Waals surface area contributed by atoms with Gasteiger partial charge in [-0.15, -0.1) is 0 Å². The Morgan fingerprint density at radius 3 is 2.93 bits per heavy atom. The first-order chi connectivity index (χ1) is 6.59. The molecule has 78 valence electrons. The van der Waals surface area contributed by atoms with Crippen molar-refractivity contribution in [3.63, 3.8) is 0 Å². The molecule has 1 N–H and O–H groups in total. The van der Waals surface area contributed by atoms with E-state index in [1.54, 1.807) is 12.5 Å². The van der Waals surface area contributed by atoms with Gasteiger partial charge < -0.3 is 5.32 Å². The lowest BCUT2D eigenvalue weighted by molar-refractivity contribution is 0.687. The first-order valence-corrected chi connectivity index (χ1v) is 6.77. The van der Waals surface area contributed by atoms with E-state index in [-0.39, 0.29) is 0 Å². The molecular weight excluding hydrogens is 264 g/mol. The monoisotopic (exact) mass is 276 g/mol. The molecule has 0 radical (unpaired) electrons. The third kappa shape index (κ3) is 3.75. The maximum absolute atomic E-state index is 10.8. The quantitative estimate of drug-likeness (QED) is 0.914. The molecule has 1 rings (SSSR count). The zero-order valence-corrected chi connectivity index (χ0v) is 10.6. The van der Waals surface area contributed by atoms with Gasteiger partial charge in [0, 0.05) is 35.5 Å². The highest BCUT2D eigenvalue weighted by atomic mass is 79.9. The lowest BCUT2D eigenvalue weighted by Crippen LogP contribution is -2.11. The van der Waals surface area contributed by atoms with E-state index in [1.165, 1.54) is 0 Å². The van der Waals surface area contributed by atoms with Crippen molar-refractivity contribution in [2.45, 2.75) is 6.92 Å². The summed E-state index contributed by atoms with van der Waals surface area (Å²) < 4.78 is 11.8. The minimum Gasteiger partial charge on any atom is -0.368 e. The highest BCUT2D eigenvalue weighted by Crippen LogP contribution is 2.19. The van der Waals surface area contributed by atoms with Crippen LogP contribution in [0.4, 0.5) is 5.82 Å². The van der Waals surface area contributed by atoms with Crippen molar-refractivity contribution in [2.75, 3.05) is 23.9 Å². The Balaban J connectivity index is 2.55. The van der Waals surface area contributed by atoms with Crippen molar-refractivity contribution in [2.24, 2.45) is 0 Å². The van der Waals surface area contributed by atoms with E-state index in [0.29, 0.717) is 12.3 Å². The Morgan fingerprint density at radius 2 is 2.36 bits per heavy atom. The van der Waals surface area contributed by atoms with Crippen LogP contribution in [0, 0.1) is 6.92 Å². The standard InChI is InChI=1S/C9H13BrN2OS/c1-7-5-8(10)9(12-6-7)11-3-4-14(2)13/h5-6H,3-4H2,1-2H3,(H,11,12). The summed E-state index contributed by atoms with van der Waals surface area (Å²) in [5.74, 6) is 1.45. The van der Waals surface area contributed by atoms with E-state index >= 15 is 0 Å². The fourth-order valence-electron chi connectivity index (χ4n) is 0.977. The lowest BCUT2D eigenvalue weighted by atomic mass is 10.3. The fraction of sp³-hybridized carbons (Fsp3) is 0.444. The molecule has 5 heteroatoms. The van der Waals surface area contributed by atoms with Gasteiger partial charge in [0.1, 0.15) is 5.82 Å². The molecule has 0 amide bonds. The first kappa shape index (κ1) is 11.7. The summed E-state index contributed by atoms with van der Waals surface area (Å²) in [6.45, 7) is 2.67. The number of hydrogen-bond donors (Lipinski definition) is 1. The van der Waals surface area contributed by atoms with E-state index in [9.17, 15) is 4.21 Å². The van der Waals surface area contributed by atoms with Crippen LogP contribution in [-0.4, -0.2) is 27.7 Å². The maximum Gasteiger partial charge on any atom is 0.140 e. The van der Waals surface area contributed by atoms with Crippen molar-refractivity contribution >= 4 is 32.5 Å². The van der Waals surface area contributed by atoms with Crippen molar-refractivity contribution in [1.29, 1.82) is 0 Å². The number of pyridine rings is 1. The van der Waals surface area contributed by atoms with Gasteiger partial charge in [-0.1, -0.05) is 0 Å². The molecule has 14 heavy (non-hydrogen) atoms. The first-order valence-electron chi connectivity index (χ1n) is 4.25. The van der Waals surface area contributed by atoms with Gasteiger partial charge in [0.15, 0.2) is 0 Å². The topological polar surface area (TPSA) is 42.0 Å². The van der Waals surface area contributed by atoms with Gasteiger partial charge in [0.2, 0.25) is 0 Å². The molecule has 0 aliphatic heterocycles. The average molecular weight is 277 g/mol. The van der Waals surface area contributed by atoms with Gasteiger partial charge >= 0.3 is 0 Å². The molecule has 0 aliphatic carbocycles. The summed E-state index contributed by atoms with van der Waals surface area (Å²) in [7, 11) is -0.756. The molecular formula is C9H13BrN2OS. The number of nitrogens with zero attached hydrogens (tertiary/aromatic N) is 1. The van der Waals surface area contributed by atoms with Crippen LogP contribution in [0.2, 0.25) is 0 Å². The van der Waals surface area contributed by atoms with Crippen molar-refractivity contribution in [3.8, 4) is 0 Å². The Hall–Kier alpha value is -0.420. The van der Waals surface area contributed by atoms with Gasteiger partial charge in [-0.2, -0.15) is 0 Å². The van der Waals surface area contributed by atoms with Crippen molar-refractivity contribution < 1.29 is 4.21 Å². The molecule has 0 saturated carbocycles. The molecule has 0 bridgehead atoms. The van der Waals surface area contributed by atoms with Crippen LogP contribution in [0.25, 0.3) is 0 Å². The van der Waals surface area contributed by atoms with E-state index in [1.807, 2.05) is 13.0 Å². The normalized spacial score (nSPS) is 12.5. The Bertz CT molecular complexity index is 344. The smallest absolute Gasteiger partial charge is 0.140 e. The van der Waals surface area contributed by atoms with Crippen LogP contribution >= 0.6 is 15.9 Å². The predicted octanol–water partition coefficient (Wildman–Crippen LogP) is 1.94. The number of anilines is 1. The molecule has 3 nitrogen and oxygen atoms in total. The van der Waals surface area contributed by atoms with Gasteiger partial charge in [-0.25, -0.2) is 4.98 Å². The van der Waals surface area contributed by atoms with Gasteiger partial charge in [-0.3, -0.25) is 4.21 Å². The van der Waals surface area contributed by atoms with Gasteiger partial charge in [0.05, 0.1) is 4.47 Å². The third-order valence-electron chi connectivity index (χ3n) is 1.66. The molecule has 1 heterocycles. The number of halogens is 1. The number of nitrogens with one attached hydrogen (secondary N) is 1. The highest BCUT2D eigenvalue weighted by Gasteiger charge is 2.00. The van der Waals surface area contributed by atoms with Crippen LogP contribution in [0.1, 0.15) is 5.56 Å². The molecule has 0 aromatic carbocycles. The summed E-state index contributed by atoms with van der Waals surface area (Å²) in [6, 6.07) is 2.00. The minimum absolute atomic E-state index is 0.641. The molecule has 0 aliphatic rings. The molecule has 0 spiro atoms. The second kappa shape index (κ2) is 5.46. The zero-order chi connectivity index (χ0) is 10.6. The second-order valence-electron chi connectivity index (χ2n) is 3.05. The number of aromatic nitrogens is 1. The maximum atomic E-state index is 10.8. The second-order valence-corrected chi connectivity index (χ2v) is 5.46. The fourth-order valence-corrected chi connectivity index (χ4v) is 1.97. The van der Waals surface area contributed by atoms with Crippen molar-refractivity contribution in [3.05, 3.63) is 22.3 Å². The Kier molecular flexibility index (Phi) is 4.54. The van der Waals surface area contributed by atoms with E-state index in [0.717, 1.165) is 15.9 Å². The molecule has 0 saturated heterocycles. The summed E-state index contributed by atoms with van der Waals surface area (Å²) >= 11 is 3.41. The van der Waals surface area contributed by atoms with E-state index in [4.69, 9.17) is 0 Å². The van der Waals surface area contributed by atoms with Crippen LogP contribution in [0.3, 0.4) is 0 Å². The number of aryl methyl sites for hydroxylation is 1. The van der Waals surface area contributed by atoms with Crippen LogP contribution in [0.15, 0.2) is 16.7 Å². The highest BCUT2D eigenvalue weighted by molar-refractivity contribution is 9.10. The Morgan fingerprint density at radius 1 is 1.64 bits per heavy atom. The summed E-state index contributed by atoms with van der Waals surface area (Å²) in [4.78, 5) is 4.22. The summed E-state index contributed by atoms with van der Waals surface area (Å²) in [6.07, 6.45) is 3.50. The van der Waals surface area contributed by atoms with Crippen molar-refractivity contribution in [1.82, 2.24) is 4.98 Å². The van der Waals surface area contributed by atoms with Crippen LogP contribution < -0.4 is 5.32 Å². The molecule has 1 aromatic rings. The molecule has 1 atom stereocenters. The van der Waals surface area contributed by atoms with Crippen LogP contribution in [-0.2, 0) is 10.8 Å². The van der Waals surface area contributed by atoms with E-state index in [2.05, 4.69) is 26.2 Å². The van der Waals surface area contributed by atoms with Gasteiger partial charge in [-0.05, 0) is 34.5 Å². The summed E-state index contributed by atoms with van der Waals surface area (Å²) in [5, 5.41) is 3.12. The molecule has 1 unspecified atom stereocenters.